The molecule has 0 bridgehead atoms. The number of hydrogen-bond donors (Lipinski definition) is 2. The summed E-state index contributed by atoms with van der Waals surface area (Å²) in [7, 11) is 0. The van der Waals surface area contributed by atoms with Crippen molar-refractivity contribution in [1.82, 2.24) is 19.8 Å². The van der Waals surface area contributed by atoms with Crippen LogP contribution in [0.25, 0.3) is 11.3 Å². The second-order valence-corrected chi connectivity index (χ2v) is 11.3. The van der Waals surface area contributed by atoms with Gasteiger partial charge in [0.2, 0.25) is 0 Å². The standard InChI is InChI=1S/C32H38F2N4O5/c1-20(43-21(2)39)32(41)38(18-24-15-35-16-29(24)40)30(23-10-12-42-13-11-23)31-36-28(26-14-25(33)8-9-27(26)34)19-37(31)17-22-6-4-3-5-7-22/h3-9,14,19-20,23-24,29-30,35,40H,10-13,15-18H2,1-2H3/t20-,24-,29+,30?/m0/s1. The number of nitrogens with zero attached hydrogens (tertiary/aromatic N) is 3. The minimum Gasteiger partial charge on any atom is -0.453 e. The Labute approximate surface area is 249 Å². The molecule has 2 aromatic carbocycles. The van der Waals surface area contributed by atoms with Gasteiger partial charge in [-0.05, 0) is 49.4 Å². The Kier molecular flexibility index (Phi) is 9.84. The van der Waals surface area contributed by atoms with Crippen LogP contribution in [0.4, 0.5) is 8.78 Å². The summed E-state index contributed by atoms with van der Waals surface area (Å²) in [6, 6.07) is 12.3. The van der Waals surface area contributed by atoms with Gasteiger partial charge in [-0.2, -0.15) is 0 Å². The van der Waals surface area contributed by atoms with Gasteiger partial charge in [0.1, 0.15) is 17.5 Å². The number of β-amino-alcohol motifs (C(OH)–C–C–N with tert-alkyl or cyclic N) is 1. The van der Waals surface area contributed by atoms with Crippen LogP contribution >= 0.6 is 0 Å². The number of hydrogen-bond acceptors (Lipinski definition) is 7. The zero-order chi connectivity index (χ0) is 30.5. The average molecular weight is 597 g/mol. The molecule has 2 saturated heterocycles. The molecule has 1 unspecified atom stereocenters. The van der Waals surface area contributed by atoms with Crippen LogP contribution < -0.4 is 5.32 Å². The van der Waals surface area contributed by atoms with Gasteiger partial charge < -0.3 is 29.4 Å². The number of halogens is 2. The van der Waals surface area contributed by atoms with Crippen LogP contribution in [0.15, 0.2) is 54.7 Å². The molecular weight excluding hydrogens is 558 g/mol. The second kappa shape index (κ2) is 13.7. The smallest absolute Gasteiger partial charge is 0.303 e. The van der Waals surface area contributed by atoms with Crippen LogP contribution in [0.2, 0.25) is 0 Å². The third kappa shape index (κ3) is 7.29. The minimum absolute atomic E-state index is 0.0142. The fraction of sp³-hybridized carbons (Fsp3) is 0.469. The Bertz CT molecular complexity index is 1410. The molecule has 0 radical (unpaired) electrons. The number of esters is 1. The van der Waals surface area contributed by atoms with Crippen LogP contribution in [0.3, 0.4) is 0 Å². The highest BCUT2D eigenvalue weighted by Gasteiger charge is 2.41. The number of amides is 1. The highest BCUT2D eigenvalue weighted by Crippen LogP contribution is 2.38. The van der Waals surface area contributed by atoms with Gasteiger partial charge in [0.25, 0.3) is 5.91 Å². The van der Waals surface area contributed by atoms with E-state index in [1.165, 1.54) is 13.8 Å². The van der Waals surface area contributed by atoms with E-state index >= 15 is 4.39 Å². The summed E-state index contributed by atoms with van der Waals surface area (Å²) in [5.41, 5.74) is 1.21. The predicted octanol–water partition coefficient (Wildman–Crippen LogP) is 3.70. The topological polar surface area (TPSA) is 106 Å². The Morgan fingerprint density at radius 3 is 2.58 bits per heavy atom. The zero-order valence-corrected chi connectivity index (χ0v) is 24.4. The van der Waals surface area contributed by atoms with Crippen molar-refractivity contribution in [2.24, 2.45) is 11.8 Å². The first kappa shape index (κ1) is 30.8. The van der Waals surface area contributed by atoms with E-state index in [0.717, 1.165) is 23.8 Å². The number of aliphatic hydroxyl groups excluding tert-OH is 1. The number of rotatable bonds is 10. The lowest BCUT2D eigenvalue weighted by atomic mass is 9.88. The molecule has 2 aliphatic heterocycles. The largest absolute Gasteiger partial charge is 0.453 e. The first-order valence-corrected chi connectivity index (χ1v) is 14.7. The van der Waals surface area contributed by atoms with Gasteiger partial charge in [-0.25, -0.2) is 13.8 Å². The van der Waals surface area contributed by atoms with Crippen molar-refractivity contribution in [2.75, 3.05) is 32.8 Å². The molecule has 2 N–H and O–H groups in total. The van der Waals surface area contributed by atoms with Crippen LogP contribution in [0.1, 0.15) is 44.1 Å². The molecular formula is C32H38F2N4O5. The molecule has 9 nitrogen and oxygen atoms in total. The molecule has 3 heterocycles. The normalized spacial score (nSPS) is 20.5. The van der Waals surface area contributed by atoms with Crippen LogP contribution in [0.5, 0.6) is 0 Å². The number of carbonyl (C=O) groups is 2. The Morgan fingerprint density at radius 2 is 1.91 bits per heavy atom. The fourth-order valence-electron chi connectivity index (χ4n) is 6.06. The Morgan fingerprint density at radius 1 is 1.16 bits per heavy atom. The molecule has 0 aliphatic carbocycles. The number of aromatic nitrogens is 2. The molecule has 43 heavy (non-hydrogen) atoms. The first-order chi connectivity index (χ1) is 20.7. The summed E-state index contributed by atoms with van der Waals surface area (Å²) >= 11 is 0. The second-order valence-electron chi connectivity index (χ2n) is 11.3. The van der Waals surface area contributed by atoms with E-state index in [-0.39, 0.29) is 29.6 Å². The van der Waals surface area contributed by atoms with Gasteiger partial charge in [-0.1, -0.05) is 30.3 Å². The Balaban J connectivity index is 1.66. The van der Waals surface area contributed by atoms with E-state index in [2.05, 4.69) is 5.32 Å². The minimum atomic E-state index is -1.08. The average Bonchev–Trinajstić information content (AvgIpc) is 3.59. The first-order valence-electron chi connectivity index (χ1n) is 14.7. The van der Waals surface area contributed by atoms with Gasteiger partial charge in [0.15, 0.2) is 6.10 Å². The molecule has 0 saturated carbocycles. The quantitative estimate of drug-likeness (QED) is 0.344. The Hall–Kier alpha value is -3.67. The van der Waals surface area contributed by atoms with Crippen LogP contribution in [-0.4, -0.2) is 76.5 Å². The van der Waals surface area contributed by atoms with Crippen molar-refractivity contribution in [2.45, 2.75) is 51.5 Å². The maximum atomic E-state index is 15.0. The van der Waals surface area contributed by atoms with Crippen molar-refractivity contribution in [3.05, 3.63) is 77.8 Å². The molecule has 2 aliphatic rings. The van der Waals surface area contributed by atoms with E-state index in [4.69, 9.17) is 14.5 Å². The zero-order valence-electron chi connectivity index (χ0n) is 24.4. The highest BCUT2D eigenvalue weighted by atomic mass is 19.1. The molecule has 3 aromatic rings. The van der Waals surface area contributed by atoms with Crippen molar-refractivity contribution >= 4 is 11.9 Å². The summed E-state index contributed by atoms with van der Waals surface area (Å²) in [6.07, 6.45) is 1.20. The fourth-order valence-corrected chi connectivity index (χ4v) is 6.06. The van der Waals surface area contributed by atoms with Crippen LogP contribution in [0, 0.1) is 23.5 Å². The maximum Gasteiger partial charge on any atom is 0.303 e. The van der Waals surface area contributed by atoms with Gasteiger partial charge in [-0.15, -0.1) is 0 Å². The van der Waals surface area contributed by atoms with E-state index < -0.39 is 41.8 Å². The predicted molar refractivity (Wildman–Crippen MR) is 155 cm³/mol. The highest BCUT2D eigenvalue weighted by molar-refractivity contribution is 5.83. The summed E-state index contributed by atoms with van der Waals surface area (Å²) in [5, 5.41) is 13.9. The molecule has 230 valence electrons. The lowest BCUT2D eigenvalue weighted by Gasteiger charge is -2.40. The summed E-state index contributed by atoms with van der Waals surface area (Å²) < 4.78 is 42.2. The summed E-state index contributed by atoms with van der Waals surface area (Å²) in [6.45, 7) is 5.22. The monoisotopic (exact) mass is 596 g/mol. The van der Waals surface area contributed by atoms with E-state index in [0.29, 0.717) is 51.5 Å². The number of benzene rings is 2. The molecule has 1 aromatic heterocycles. The van der Waals surface area contributed by atoms with Crippen molar-refractivity contribution in [3.8, 4) is 11.3 Å². The lowest BCUT2D eigenvalue weighted by Crippen LogP contribution is -2.49. The van der Waals surface area contributed by atoms with E-state index in [9.17, 15) is 19.1 Å². The molecule has 4 atom stereocenters. The van der Waals surface area contributed by atoms with Gasteiger partial charge in [-0.3, -0.25) is 9.59 Å². The van der Waals surface area contributed by atoms with Crippen molar-refractivity contribution < 1.29 is 33.0 Å². The van der Waals surface area contributed by atoms with Gasteiger partial charge >= 0.3 is 5.97 Å². The van der Waals surface area contributed by atoms with Crippen molar-refractivity contribution in [1.29, 1.82) is 0 Å². The maximum absolute atomic E-state index is 15.0. The molecule has 11 heteroatoms. The van der Waals surface area contributed by atoms with Gasteiger partial charge in [0, 0.05) is 64.0 Å². The summed E-state index contributed by atoms with van der Waals surface area (Å²) in [4.78, 5) is 32.6. The van der Waals surface area contributed by atoms with Crippen LogP contribution in [-0.2, 0) is 25.6 Å². The SMILES string of the molecule is CC(=O)O[C@@H](C)C(=O)N(C[C@@H]1CNC[C@H]1O)C(c1nc(-c2cc(F)ccc2F)cn1Cc1ccccc1)C1CCOCC1. The lowest BCUT2D eigenvalue weighted by molar-refractivity contribution is -0.160. The number of ether oxygens (including phenoxy) is 2. The van der Waals surface area contributed by atoms with E-state index in [1.807, 2.05) is 34.9 Å². The number of carbonyl (C=O) groups excluding carboxylic acids is 2. The van der Waals surface area contributed by atoms with Crippen molar-refractivity contribution in [3.63, 3.8) is 0 Å². The van der Waals surface area contributed by atoms with E-state index in [1.54, 1.807) is 11.1 Å². The number of nitrogens with one attached hydrogen (secondary N) is 1. The van der Waals surface area contributed by atoms with Gasteiger partial charge in [0.05, 0.1) is 17.8 Å². The number of imidazole rings is 1. The molecule has 0 spiro atoms. The third-order valence-corrected chi connectivity index (χ3v) is 8.23. The summed E-state index contributed by atoms with van der Waals surface area (Å²) in [5.74, 6) is -2.08. The molecule has 5 rings (SSSR count). The molecule has 2 fully saturated rings. The molecule has 1 amide bonds. The third-order valence-electron chi connectivity index (χ3n) is 8.23. The number of aliphatic hydroxyl groups is 1.